The molecule has 1 unspecified atom stereocenters. The molecule has 0 bridgehead atoms. The minimum absolute atomic E-state index is 0.0448. The van der Waals surface area contributed by atoms with E-state index in [0.29, 0.717) is 30.7 Å². The molecule has 4 rings (SSSR count). The van der Waals surface area contributed by atoms with Gasteiger partial charge in [0.2, 0.25) is 17.7 Å². The number of carbonyl (C=O) groups excluding carboxylic acids is 4. The molecule has 0 spiro atoms. The summed E-state index contributed by atoms with van der Waals surface area (Å²) >= 11 is 0. The molecule has 3 amide bonds. The van der Waals surface area contributed by atoms with Gasteiger partial charge in [0.15, 0.2) is 5.78 Å². The molecule has 0 aromatic heterocycles. The van der Waals surface area contributed by atoms with E-state index in [1.165, 1.54) is 14.0 Å². The molecule has 9 nitrogen and oxygen atoms in total. The number of rotatable bonds is 13. The van der Waals surface area contributed by atoms with E-state index in [-0.39, 0.29) is 30.4 Å². The zero-order valence-electron chi connectivity index (χ0n) is 24.8. The van der Waals surface area contributed by atoms with Gasteiger partial charge in [-0.2, -0.15) is 0 Å². The number of aryl methyl sites for hydroxylation is 2. The number of benzene rings is 3. The van der Waals surface area contributed by atoms with E-state index in [4.69, 9.17) is 4.74 Å². The highest BCUT2D eigenvalue weighted by Crippen LogP contribution is 2.37. The first kappa shape index (κ1) is 31.4. The molecule has 3 aromatic rings. The van der Waals surface area contributed by atoms with Crippen molar-refractivity contribution in [2.75, 3.05) is 7.11 Å². The van der Waals surface area contributed by atoms with Crippen molar-refractivity contribution in [3.05, 3.63) is 101 Å². The average Bonchev–Trinajstić information content (AvgIpc) is 3.31. The monoisotopic (exact) mass is 585 g/mol. The van der Waals surface area contributed by atoms with E-state index in [1.807, 2.05) is 61.5 Å². The number of hydrogen-bond donors (Lipinski definition) is 4. The number of ether oxygens (including phenoxy) is 1. The maximum Gasteiger partial charge on any atom is 0.245 e. The van der Waals surface area contributed by atoms with Crippen LogP contribution in [0.5, 0.6) is 5.75 Å². The van der Waals surface area contributed by atoms with Crippen molar-refractivity contribution in [3.63, 3.8) is 0 Å². The molecule has 3 aromatic carbocycles. The van der Waals surface area contributed by atoms with Gasteiger partial charge < -0.3 is 25.8 Å². The molecule has 0 saturated carbocycles. The van der Waals surface area contributed by atoms with Crippen LogP contribution in [0.25, 0.3) is 0 Å². The molecule has 0 aliphatic heterocycles. The maximum absolute atomic E-state index is 13.4. The van der Waals surface area contributed by atoms with Gasteiger partial charge in [0.25, 0.3) is 0 Å². The highest BCUT2D eigenvalue weighted by molar-refractivity contribution is 6.02. The topological polar surface area (TPSA) is 134 Å². The molecule has 4 N–H and O–H groups in total. The molecule has 9 heteroatoms. The van der Waals surface area contributed by atoms with E-state index < -0.39 is 30.0 Å². The number of hydrogen-bond acceptors (Lipinski definition) is 6. The van der Waals surface area contributed by atoms with Gasteiger partial charge in [-0.05, 0) is 61.6 Å². The Kier molecular flexibility index (Phi) is 10.7. The SMILES string of the molecule is COc1ccc2c(c1)C(CC(=O)N[C@H](C(=O)N[C@@H](CCc1ccccc1)C(=O)NCc1ccc(C)cc1)[C@@H](C)O)CC2=O. The summed E-state index contributed by atoms with van der Waals surface area (Å²) in [4.78, 5) is 52.2. The smallest absolute Gasteiger partial charge is 0.245 e. The van der Waals surface area contributed by atoms with Crippen LogP contribution < -0.4 is 20.7 Å². The Morgan fingerprint density at radius 2 is 1.67 bits per heavy atom. The molecule has 1 aliphatic rings. The number of fused-ring (bicyclic) bond motifs is 1. The van der Waals surface area contributed by atoms with Gasteiger partial charge in [0.1, 0.15) is 17.8 Å². The lowest BCUT2D eigenvalue weighted by Crippen LogP contribution is -2.57. The van der Waals surface area contributed by atoms with Gasteiger partial charge in [-0.1, -0.05) is 60.2 Å². The summed E-state index contributed by atoms with van der Waals surface area (Å²) in [7, 11) is 1.53. The predicted molar refractivity (Wildman–Crippen MR) is 163 cm³/mol. The van der Waals surface area contributed by atoms with Crippen LogP contribution in [0.2, 0.25) is 0 Å². The second kappa shape index (κ2) is 14.6. The minimum atomic E-state index is -1.29. The molecule has 1 aliphatic carbocycles. The van der Waals surface area contributed by atoms with Gasteiger partial charge in [-0.3, -0.25) is 19.2 Å². The van der Waals surface area contributed by atoms with Crippen LogP contribution >= 0.6 is 0 Å². The lowest BCUT2D eigenvalue weighted by Gasteiger charge is -2.25. The van der Waals surface area contributed by atoms with Gasteiger partial charge in [-0.25, -0.2) is 0 Å². The van der Waals surface area contributed by atoms with Crippen LogP contribution in [0.3, 0.4) is 0 Å². The Morgan fingerprint density at radius 1 is 0.953 bits per heavy atom. The van der Waals surface area contributed by atoms with Crippen molar-refractivity contribution < 1.29 is 29.0 Å². The van der Waals surface area contributed by atoms with Gasteiger partial charge >= 0.3 is 0 Å². The van der Waals surface area contributed by atoms with Crippen LogP contribution in [-0.2, 0) is 27.3 Å². The van der Waals surface area contributed by atoms with Crippen molar-refractivity contribution in [2.24, 2.45) is 0 Å². The first-order chi connectivity index (χ1) is 20.6. The Bertz CT molecular complexity index is 1440. The van der Waals surface area contributed by atoms with Gasteiger partial charge in [-0.15, -0.1) is 0 Å². The quantitative estimate of drug-likeness (QED) is 0.243. The van der Waals surface area contributed by atoms with Crippen LogP contribution in [0.15, 0.2) is 72.8 Å². The highest BCUT2D eigenvalue weighted by Gasteiger charge is 2.34. The van der Waals surface area contributed by atoms with Crippen molar-refractivity contribution in [3.8, 4) is 5.75 Å². The molecule has 43 heavy (non-hydrogen) atoms. The lowest BCUT2D eigenvalue weighted by molar-refractivity contribution is -0.134. The van der Waals surface area contributed by atoms with Crippen LogP contribution in [0, 0.1) is 6.92 Å². The molecule has 0 fully saturated rings. The third-order valence-corrected chi connectivity index (χ3v) is 7.73. The standard InChI is InChI=1S/C34H39N3O6/c1-21-9-11-24(12-10-21)20-35-33(41)29(16-13-23-7-5-4-6-8-23)36-34(42)32(22(2)38)37-31(40)18-25-17-30(39)27-15-14-26(43-3)19-28(25)27/h4-12,14-15,19,22,25,29,32,38H,13,16-18,20H2,1-3H3,(H,35,41)(H,36,42)(H,37,40)/t22-,25?,29+,32+/m1/s1. The third kappa shape index (κ3) is 8.51. The summed E-state index contributed by atoms with van der Waals surface area (Å²) in [5.41, 5.74) is 4.32. The molecular weight excluding hydrogens is 546 g/mol. The summed E-state index contributed by atoms with van der Waals surface area (Å²) < 4.78 is 5.28. The second-order valence-corrected chi connectivity index (χ2v) is 11.1. The van der Waals surface area contributed by atoms with Crippen molar-refractivity contribution in [2.45, 2.75) is 70.2 Å². The first-order valence-electron chi connectivity index (χ1n) is 14.5. The number of Topliss-reactive ketones (excluding diaryl/α,β-unsaturated/α-hetero) is 1. The number of ketones is 1. The molecule has 0 radical (unpaired) electrons. The summed E-state index contributed by atoms with van der Waals surface area (Å²) in [6.07, 6.45) is -0.250. The maximum atomic E-state index is 13.4. The summed E-state index contributed by atoms with van der Waals surface area (Å²) in [5.74, 6) is -1.37. The Balaban J connectivity index is 1.42. The fourth-order valence-electron chi connectivity index (χ4n) is 5.25. The van der Waals surface area contributed by atoms with Gasteiger partial charge in [0.05, 0.1) is 13.2 Å². The zero-order valence-corrected chi connectivity index (χ0v) is 24.8. The Hall–Kier alpha value is -4.50. The molecule has 0 saturated heterocycles. The zero-order chi connectivity index (χ0) is 30.9. The molecule has 4 atom stereocenters. The van der Waals surface area contributed by atoms with Crippen molar-refractivity contribution in [1.82, 2.24) is 16.0 Å². The molecule has 226 valence electrons. The predicted octanol–water partition coefficient (Wildman–Crippen LogP) is 3.36. The van der Waals surface area contributed by atoms with E-state index in [0.717, 1.165) is 22.3 Å². The first-order valence-corrected chi connectivity index (χ1v) is 14.5. The highest BCUT2D eigenvalue weighted by atomic mass is 16.5. The third-order valence-electron chi connectivity index (χ3n) is 7.73. The Labute approximate surface area is 252 Å². The largest absolute Gasteiger partial charge is 0.497 e. The summed E-state index contributed by atoms with van der Waals surface area (Å²) in [6, 6.07) is 20.4. The second-order valence-electron chi connectivity index (χ2n) is 11.1. The van der Waals surface area contributed by atoms with Crippen LogP contribution in [-0.4, -0.2) is 53.9 Å². The summed E-state index contributed by atoms with van der Waals surface area (Å²) in [6.45, 7) is 3.68. The number of aliphatic hydroxyl groups excluding tert-OH is 1. The number of nitrogens with one attached hydrogen (secondary N) is 3. The fraction of sp³-hybridized carbons (Fsp3) is 0.353. The lowest BCUT2D eigenvalue weighted by atomic mass is 9.96. The van der Waals surface area contributed by atoms with E-state index in [9.17, 15) is 24.3 Å². The summed E-state index contributed by atoms with van der Waals surface area (Å²) in [5, 5.41) is 18.7. The Morgan fingerprint density at radius 3 is 2.35 bits per heavy atom. The normalized spacial score (nSPS) is 16.0. The molecule has 0 heterocycles. The van der Waals surface area contributed by atoms with Crippen LogP contribution in [0.4, 0.5) is 0 Å². The molecular formula is C34H39N3O6. The minimum Gasteiger partial charge on any atom is -0.497 e. The van der Waals surface area contributed by atoms with E-state index in [1.54, 1.807) is 18.2 Å². The number of amides is 3. The van der Waals surface area contributed by atoms with E-state index >= 15 is 0 Å². The number of carbonyl (C=O) groups is 4. The van der Waals surface area contributed by atoms with Gasteiger partial charge in [0, 0.05) is 30.9 Å². The number of methoxy groups -OCH3 is 1. The number of aliphatic hydroxyl groups is 1. The average molecular weight is 586 g/mol. The van der Waals surface area contributed by atoms with E-state index in [2.05, 4.69) is 16.0 Å². The van der Waals surface area contributed by atoms with Crippen molar-refractivity contribution in [1.29, 1.82) is 0 Å². The van der Waals surface area contributed by atoms with Crippen LogP contribution in [0.1, 0.15) is 64.7 Å². The fourth-order valence-corrected chi connectivity index (χ4v) is 5.25. The van der Waals surface area contributed by atoms with Crippen molar-refractivity contribution >= 4 is 23.5 Å².